The monoisotopic (exact) mass is 539 g/mol. The van der Waals surface area contributed by atoms with E-state index in [9.17, 15) is 0 Å². The number of rotatable bonds is 11. The Morgan fingerprint density at radius 1 is 0.610 bits per heavy atom. The van der Waals surface area contributed by atoms with Crippen LogP contribution in [-0.2, 0) is 0 Å². The summed E-state index contributed by atoms with van der Waals surface area (Å²) in [6.45, 7) is 2.95. The average molecular weight is 540 g/mol. The number of benzene rings is 5. The molecule has 204 valence electrons. The molecule has 0 radical (unpaired) electrons. The van der Waals surface area contributed by atoms with Crippen molar-refractivity contribution in [2.45, 2.75) is 32.6 Å². The first kappa shape index (κ1) is 26.3. The molecule has 0 atom stereocenters. The number of aromatic nitrogens is 2. The van der Waals surface area contributed by atoms with Crippen LogP contribution in [-0.4, -0.2) is 16.8 Å². The fourth-order valence-electron chi connectivity index (χ4n) is 5.03. The second kappa shape index (κ2) is 12.5. The fraction of sp³-hybridized carbons (Fsp3) is 0.167. The number of hydrogen-bond donors (Lipinski definition) is 0. The summed E-state index contributed by atoms with van der Waals surface area (Å²) in [5, 5.41) is 11.0. The van der Waals surface area contributed by atoms with E-state index < -0.39 is 0 Å². The molecular formula is C36H33N3O2. The second-order valence-corrected chi connectivity index (χ2v) is 10.1. The van der Waals surface area contributed by atoms with Crippen LogP contribution >= 0.6 is 0 Å². The van der Waals surface area contributed by atoms with Crippen LogP contribution in [0.15, 0.2) is 126 Å². The standard InChI is InChI=1S/C36H33N3O2/c1-2-3-4-10-26-40-32-24-20-29(21-25-32)36-38-37-35(41-36)28-18-22-31(23-19-28)39(30-14-6-5-7-15-30)34-17-11-13-27-12-8-9-16-33(27)34/h5-9,11-25H,2-4,10,26H2,1H3. The number of hydrogen-bond acceptors (Lipinski definition) is 5. The van der Waals surface area contributed by atoms with Crippen molar-refractivity contribution in [1.82, 2.24) is 10.2 Å². The maximum Gasteiger partial charge on any atom is 0.248 e. The van der Waals surface area contributed by atoms with Crippen molar-refractivity contribution in [3.05, 3.63) is 121 Å². The van der Waals surface area contributed by atoms with E-state index in [1.807, 2.05) is 42.5 Å². The highest BCUT2D eigenvalue weighted by Gasteiger charge is 2.16. The van der Waals surface area contributed by atoms with E-state index >= 15 is 0 Å². The van der Waals surface area contributed by atoms with Gasteiger partial charge in [-0.1, -0.05) is 80.8 Å². The minimum atomic E-state index is 0.485. The van der Waals surface area contributed by atoms with Gasteiger partial charge in [-0.25, -0.2) is 0 Å². The van der Waals surface area contributed by atoms with E-state index in [1.54, 1.807) is 0 Å². The third kappa shape index (κ3) is 5.99. The zero-order chi connectivity index (χ0) is 27.9. The minimum Gasteiger partial charge on any atom is -0.494 e. The van der Waals surface area contributed by atoms with Crippen molar-refractivity contribution >= 4 is 27.8 Å². The van der Waals surface area contributed by atoms with Gasteiger partial charge in [-0.15, -0.1) is 10.2 Å². The van der Waals surface area contributed by atoms with Gasteiger partial charge in [0.25, 0.3) is 0 Å². The third-order valence-corrected chi connectivity index (χ3v) is 7.19. The Kier molecular flexibility index (Phi) is 8.04. The van der Waals surface area contributed by atoms with Crippen molar-refractivity contribution in [2.75, 3.05) is 11.5 Å². The minimum absolute atomic E-state index is 0.485. The van der Waals surface area contributed by atoms with Gasteiger partial charge in [0.05, 0.1) is 12.3 Å². The van der Waals surface area contributed by atoms with Crippen LogP contribution in [0.25, 0.3) is 33.7 Å². The molecule has 0 aliphatic rings. The molecule has 1 heterocycles. The summed E-state index contributed by atoms with van der Waals surface area (Å²) in [4.78, 5) is 2.28. The van der Waals surface area contributed by atoms with Crippen molar-refractivity contribution in [2.24, 2.45) is 0 Å². The molecule has 0 aliphatic carbocycles. The van der Waals surface area contributed by atoms with Gasteiger partial charge < -0.3 is 14.1 Å². The van der Waals surface area contributed by atoms with Crippen LogP contribution in [0.5, 0.6) is 5.75 Å². The third-order valence-electron chi connectivity index (χ3n) is 7.19. The molecule has 5 aromatic carbocycles. The largest absolute Gasteiger partial charge is 0.494 e. The van der Waals surface area contributed by atoms with Gasteiger partial charge in [-0.2, -0.15) is 0 Å². The molecule has 0 saturated heterocycles. The summed E-state index contributed by atoms with van der Waals surface area (Å²) >= 11 is 0. The van der Waals surface area contributed by atoms with Crippen LogP contribution in [0.1, 0.15) is 32.6 Å². The Hall–Kier alpha value is -4.90. The van der Waals surface area contributed by atoms with E-state index in [4.69, 9.17) is 9.15 Å². The molecule has 0 saturated carbocycles. The van der Waals surface area contributed by atoms with Crippen molar-refractivity contribution in [3.63, 3.8) is 0 Å². The Morgan fingerprint density at radius 3 is 1.98 bits per heavy atom. The first-order valence-electron chi connectivity index (χ1n) is 14.3. The molecule has 0 bridgehead atoms. The smallest absolute Gasteiger partial charge is 0.248 e. The molecule has 0 aliphatic heterocycles. The van der Waals surface area contributed by atoms with Crippen molar-refractivity contribution < 1.29 is 9.15 Å². The molecular weight excluding hydrogens is 506 g/mol. The SMILES string of the molecule is CCCCCCOc1ccc(-c2nnc(-c3ccc(N(c4ccccc4)c4cccc5ccccc45)cc3)o2)cc1. The van der Waals surface area contributed by atoms with E-state index in [2.05, 4.69) is 101 Å². The molecule has 5 nitrogen and oxygen atoms in total. The predicted molar refractivity (Wildman–Crippen MR) is 167 cm³/mol. The average Bonchev–Trinajstić information content (AvgIpc) is 3.53. The summed E-state index contributed by atoms with van der Waals surface area (Å²) < 4.78 is 11.9. The molecule has 1 aromatic heterocycles. The van der Waals surface area contributed by atoms with Gasteiger partial charge in [0, 0.05) is 27.9 Å². The lowest BCUT2D eigenvalue weighted by Crippen LogP contribution is -2.10. The van der Waals surface area contributed by atoms with Gasteiger partial charge in [0.1, 0.15) is 5.75 Å². The van der Waals surface area contributed by atoms with Crippen LogP contribution in [0.4, 0.5) is 17.1 Å². The number of nitrogens with zero attached hydrogens (tertiary/aromatic N) is 3. The summed E-state index contributed by atoms with van der Waals surface area (Å²) in [6, 6.07) is 41.4. The number of unbranched alkanes of at least 4 members (excludes halogenated alkanes) is 3. The van der Waals surface area contributed by atoms with Crippen LogP contribution in [0.2, 0.25) is 0 Å². The lowest BCUT2D eigenvalue weighted by atomic mass is 10.1. The first-order valence-corrected chi connectivity index (χ1v) is 14.3. The summed E-state index contributed by atoms with van der Waals surface area (Å²) in [5.74, 6) is 1.83. The number of ether oxygens (including phenoxy) is 1. The highest BCUT2D eigenvalue weighted by atomic mass is 16.5. The van der Waals surface area contributed by atoms with Gasteiger partial charge >= 0.3 is 0 Å². The van der Waals surface area contributed by atoms with Crippen LogP contribution in [0.3, 0.4) is 0 Å². The molecule has 0 spiro atoms. The Labute approximate surface area is 241 Å². The molecule has 6 rings (SSSR count). The zero-order valence-corrected chi connectivity index (χ0v) is 23.2. The zero-order valence-electron chi connectivity index (χ0n) is 23.2. The van der Waals surface area contributed by atoms with Gasteiger partial charge in [-0.3, -0.25) is 0 Å². The molecule has 6 aromatic rings. The highest BCUT2D eigenvalue weighted by Crippen LogP contribution is 2.39. The number of para-hydroxylation sites is 1. The van der Waals surface area contributed by atoms with Gasteiger partial charge in [-0.05, 0) is 78.5 Å². The summed E-state index contributed by atoms with van der Waals surface area (Å²) in [7, 11) is 0. The Bertz CT molecular complexity index is 1690. The molecule has 0 amide bonds. The summed E-state index contributed by atoms with van der Waals surface area (Å²) in [6.07, 6.45) is 4.75. The quantitative estimate of drug-likeness (QED) is 0.153. The van der Waals surface area contributed by atoms with Crippen LogP contribution < -0.4 is 9.64 Å². The highest BCUT2D eigenvalue weighted by molar-refractivity contribution is 5.98. The van der Waals surface area contributed by atoms with Gasteiger partial charge in [0.15, 0.2) is 0 Å². The maximum absolute atomic E-state index is 6.07. The fourth-order valence-corrected chi connectivity index (χ4v) is 5.03. The lowest BCUT2D eigenvalue weighted by molar-refractivity contribution is 0.305. The lowest BCUT2D eigenvalue weighted by Gasteiger charge is -2.27. The van der Waals surface area contributed by atoms with Crippen molar-refractivity contribution in [1.29, 1.82) is 0 Å². The molecule has 41 heavy (non-hydrogen) atoms. The van der Waals surface area contributed by atoms with E-state index in [1.165, 1.54) is 30.0 Å². The first-order chi connectivity index (χ1) is 20.3. The maximum atomic E-state index is 6.07. The normalized spacial score (nSPS) is 11.0. The summed E-state index contributed by atoms with van der Waals surface area (Å²) in [5.41, 5.74) is 4.98. The molecule has 0 unspecified atom stereocenters. The van der Waals surface area contributed by atoms with E-state index in [0.29, 0.717) is 11.8 Å². The molecule has 0 fully saturated rings. The number of anilines is 3. The second-order valence-electron chi connectivity index (χ2n) is 10.1. The van der Waals surface area contributed by atoms with E-state index in [0.717, 1.165) is 47.0 Å². The van der Waals surface area contributed by atoms with Gasteiger partial charge in [0.2, 0.25) is 11.8 Å². The molecule has 0 N–H and O–H groups in total. The Balaban J connectivity index is 1.23. The van der Waals surface area contributed by atoms with Crippen LogP contribution in [0, 0.1) is 0 Å². The van der Waals surface area contributed by atoms with Crippen molar-refractivity contribution in [3.8, 4) is 28.7 Å². The molecule has 5 heteroatoms. The Morgan fingerprint density at radius 2 is 1.24 bits per heavy atom. The predicted octanol–water partition coefficient (Wildman–Crippen LogP) is 9.99. The number of fused-ring (bicyclic) bond motifs is 1. The topological polar surface area (TPSA) is 51.4 Å². The van der Waals surface area contributed by atoms with E-state index in [-0.39, 0.29) is 0 Å².